The maximum atomic E-state index is 13.2. The van der Waals surface area contributed by atoms with Crippen molar-refractivity contribution in [2.75, 3.05) is 0 Å². The zero-order chi connectivity index (χ0) is 12.3. The molecule has 1 aromatic rings. The smallest absolute Gasteiger partial charge is 0.251 e. The first-order chi connectivity index (χ1) is 7.29. The number of benzene rings is 1. The van der Waals surface area contributed by atoms with E-state index in [1.165, 1.54) is 6.07 Å². The van der Waals surface area contributed by atoms with E-state index in [1.807, 2.05) is 0 Å². The van der Waals surface area contributed by atoms with Crippen molar-refractivity contribution in [1.29, 1.82) is 0 Å². The van der Waals surface area contributed by atoms with Crippen LogP contribution in [0.1, 0.15) is 43.1 Å². The number of carbonyl (C=O) groups is 1. The molecule has 1 aromatic carbocycles. The molecule has 16 heavy (non-hydrogen) atoms. The Bertz CT molecular complexity index is 393. The van der Waals surface area contributed by atoms with E-state index in [4.69, 9.17) is 5.73 Å². The van der Waals surface area contributed by atoms with Gasteiger partial charge in [0.05, 0.1) is 5.56 Å². The van der Waals surface area contributed by atoms with Gasteiger partial charge in [0.15, 0.2) is 0 Å². The van der Waals surface area contributed by atoms with E-state index in [9.17, 15) is 9.18 Å². The number of halogens is 1. The van der Waals surface area contributed by atoms with E-state index in [0.717, 1.165) is 18.4 Å². The van der Waals surface area contributed by atoms with E-state index < -0.39 is 11.7 Å². The van der Waals surface area contributed by atoms with Crippen molar-refractivity contribution >= 4 is 5.91 Å². The Hall–Kier alpha value is -1.38. The van der Waals surface area contributed by atoms with Gasteiger partial charge in [-0.2, -0.15) is 0 Å². The summed E-state index contributed by atoms with van der Waals surface area (Å²) in [5.41, 5.74) is 6.24. The summed E-state index contributed by atoms with van der Waals surface area (Å²) in [5.74, 6) is -1.26. The minimum Gasteiger partial charge on any atom is -0.366 e. The van der Waals surface area contributed by atoms with E-state index >= 15 is 0 Å². The van der Waals surface area contributed by atoms with Crippen LogP contribution in [0.15, 0.2) is 18.2 Å². The van der Waals surface area contributed by atoms with Crippen LogP contribution >= 0.6 is 0 Å². The Kier molecular flexibility index (Phi) is 3.68. The summed E-state index contributed by atoms with van der Waals surface area (Å²) in [7, 11) is 0. The highest BCUT2D eigenvalue weighted by molar-refractivity contribution is 5.93. The molecule has 0 aliphatic rings. The summed E-state index contributed by atoms with van der Waals surface area (Å²) < 4.78 is 13.2. The first-order valence-electron chi connectivity index (χ1n) is 5.38. The van der Waals surface area contributed by atoms with Gasteiger partial charge in [-0.3, -0.25) is 4.79 Å². The van der Waals surface area contributed by atoms with Crippen LogP contribution in [0.5, 0.6) is 0 Å². The quantitative estimate of drug-likeness (QED) is 0.841. The third-order valence-electron chi connectivity index (χ3n) is 2.46. The van der Waals surface area contributed by atoms with Gasteiger partial charge in [-0.1, -0.05) is 26.8 Å². The van der Waals surface area contributed by atoms with E-state index in [2.05, 4.69) is 20.8 Å². The number of hydrogen-bond acceptors (Lipinski definition) is 1. The zero-order valence-corrected chi connectivity index (χ0v) is 10.0. The molecule has 0 bridgehead atoms. The minimum absolute atomic E-state index is 0.0218. The molecule has 1 amide bonds. The van der Waals surface area contributed by atoms with Crippen LogP contribution in [0, 0.1) is 11.2 Å². The molecule has 0 aliphatic carbocycles. The molecule has 0 saturated heterocycles. The molecule has 0 saturated carbocycles. The number of hydrogen-bond donors (Lipinski definition) is 1. The lowest BCUT2D eigenvalue weighted by molar-refractivity contribution is 0.0996. The van der Waals surface area contributed by atoms with Gasteiger partial charge in [0.2, 0.25) is 0 Å². The highest BCUT2D eigenvalue weighted by Gasteiger charge is 2.12. The van der Waals surface area contributed by atoms with Crippen LogP contribution in [0.4, 0.5) is 4.39 Å². The second-order valence-corrected chi connectivity index (χ2v) is 5.24. The first-order valence-corrected chi connectivity index (χ1v) is 5.38. The molecule has 0 atom stereocenters. The molecule has 2 N–H and O–H groups in total. The Labute approximate surface area is 95.7 Å². The maximum Gasteiger partial charge on any atom is 0.251 e. The maximum absolute atomic E-state index is 13.2. The summed E-state index contributed by atoms with van der Waals surface area (Å²) in [5, 5.41) is 0. The third-order valence-corrected chi connectivity index (χ3v) is 2.46. The highest BCUT2D eigenvalue weighted by Crippen LogP contribution is 2.22. The highest BCUT2D eigenvalue weighted by atomic mass is 19.1. The SMILES string of the molecule is CC(C)(C)CCc1ccc(F)c(C(N)=O)c1. The van der Waals surface area contributed by atoms with E-state index in [-0.39, 0.29) is 11.0 Å². The van der Waals surface area contributed by atoms with Crippen molar-refractivity contribution in [3.63, 3.8) is 0 Å². The van der Waals surface area contributed by atoms with Crippen molar-refractivity contribution in [3.05, 3.63) is 35.1 Å². The summed E-state index contributed by atoms with van der Waals surface area (Å²) in [6.45, 7) is 6.43. The Morgan fingerprint density at radius 3 is 2.50 bits per heavy atom. The zero-order valence-electron chi connectivity index (χ0n) is 10.0. The Morgan fingerprint density at radius 1 is 1.38 bits per heavy atom. The molecule has 0 unspecified atom stereocenters. The molecular formula is C13H18FNO. The monoisotopic (exact) mass is 223 g/mol. The van der Waals surface area contributed by atoms with Gasteiger partial charge in [0.1, 0.15) is 5.82 Å². The second kappa shape index (κ2) is 4.64. The van der Waals surface area contributed by atoms with Crippen LogP contribution in [0.25, 0.3) is 0 Å². The van der Waals surface area contributed by atoms with Crippen LogP contribution in [-0.2, 0) is 6.42 Å². The third kappa shape index (κ3) is 3.65. The van der Waals surface area contributed by atoms with Crippen molar-refractivity contribution in [3.8, 4) is 0 Å². The number of primary amides is 1. The number of carbonyl (C=O) groups excluding carboxylic acids is 1. The van der Waals surface area contributed by atoms with Crippen LogP contribution in [0.3, 0.4) is 0 Å². The summed E-state index contributed by atoms with van der Waals surface area (Å²) in [6.07, 6.45) is 1.81. The lowest BCUT2D eigenvalue weighted by atomic mass is 9.88. The van der Waals surface area contributed by atoms with Gasteiger partial charge in [0, 0.05) is 0 Å². The number of rotatable bonds is 3. The number of aryl methyl sites for hydroxylation is 1. The normalized spacial score (nSPS) is 11.5. The fourth-order valence-corrected chi connectivity index (χ4v) is 1.44. The predicted octanol–water partition coefficient (Wildman–Crippen LogP) is 2.90. The van der Waals surface area contributed by atoms with E-state index in [1.54, 1.807) is 12.1 Å². The van der Waals surface area contributed by atoms with Gasteiger partial charge >= 0.3 is 0 Å². The van der Waals surface area contributed by atoms with Gasteiger partial charge in [-0.05, 0) is 36.0 Å². The first kappa shape index (κ1) is 12.7. The van der Waals surface area contributed by atoms with Gasteiger partial charge in [-0.15, -0.1) is 0 Å². The molecule has 0 fully saturated rings. The summed E-state index contributed by atoms with van der Waals surface area (Å²) in [6, 6.07) is 4.55. The molecule has 88 valence electrons. The second-order valence-electron chi connectivity index (χ2n) is 5.24. The number of nitrogens with two attached hydrogens (primary N) is 1. The molecule has 1 rings (SSSR count). The van der Waals surface area contributed by atoms with Crippen molar-refractivity contribution in [2.24, 2.45) is 11.1 Å². The summed E-state index contributed by atoms with van der Waals surface area (Å²) in [4.78, 5) is 11.0. The fourth-order valence-electron chi connectivity index (χ4n) is 1.44. The number of amides is 1. The summed E-state index contributed by atoms with van der Waals surface area (Å²) >= 11 is 0. The average molecular weight is 223 g/mol. The predicted molar refractivity (Wildman–Crippen MR) is 62.7 cm³/mol. The molecule has 2 nitrogen and oxygen atoms in total. The minimum atomic E-state index is -0.713. The van der Waals surface area contributed by atoms with Crippen LogP contribution in [0.2, 0.25) is 0 Å². The largest absolute Gasteiger partial charge is 0.366 e. The van der Waals surface area contributed by atoms with Gasteiger partial charge in [0.25, 0.3) is 5.91 Å². The molecule has 0 radical (unpaired) electrons. The standard InChI is InChI=1S/C13H18FNO/c1-13(2,3)7-6-9-4-5-11(14)10(8-9)12(15)16/h4-5,8H,6-7H2,1-3H3,(H2,15,16). The van der Waals surface area contributed by atoms with Crippen molar-refractivity contribution < 1.29 is 9.18 Å². The van der Waals surface area contributed by atoms with Gasteiger partial charge < -0.3 is 5.73 Å². The average Bonchev–Trinajstić information content (AvgIpc) is 2.14. The molecular weight excluding hydrogens is 205 g/mol. The molecule has 0 spiro atoms. The molecule has 0 aliphatic heterocycles. The molecule has 3 heteroatoms. The lowest BCUT2D eigenvalue weighted by Gasteiger charge is -2.17. The Balaban J connectivity index is 2.83. The lowest BCUT2D eigenvalue weighted by Crippen LogP contribution is -2.14. The van der Waals surface area contributed by atoms with Crippen LogP contribution in [-0.4, -0.2) is 5.91 Å². The fraction of sp³-hybridized carbons (Fsp3) is 0.462. The molecule has 0 aromatic heterocycles. The molecule has 0 heterocycles. The topological polar surface area (TPSA) is 43.1 Å². The Morgan fingerprint density at radius 2 is 2.00 bits per heavy atom. The van der Waals surface area contributed by atoms with Crippen LogP contribution < -0.4 is 5.73 Å². The van der Waals surface area contributed by atoms with Crippen molar-refractivity contribution in [2.45, 2.75) is 33.6 Å². The van der Waals surface area contributed by atoms with Crippen molar-refractivity contribution in [1.82, 2.24) is 0 Å². The van der Waals surface area contributed by atoms with Gasteiger partial charge in [-0.25, -0.2) is 4.39 Å². The van der Waals surface area contributed by atoms with E-state index in [0.29, 0.717) is 0 Å².